The van der Waals surface area contributed by atoms with Crippen molar-refractivity contribution < 1.29 is 14.3 Å². The molecule has 4 heteroatoms. The normalized spacial score (nSPS) is 18.5. The summed E-state index contributed by atoms with van der Waals surface area (Å²) < 4.78 is 10.5. The predicted molar refractivity (Wildman–Crippen MR) is 86.8 cm³/mol. The summed E-state index contributed by atoms with van der Waals surface area (Å²) in [6.45, 7) is 2.97. The van der Waals surface area contributed by atoms with Gasteiger partial charge in [-0.1, -0.05) is 64.7 Å². The highest BCUT2D eigenvalue weighted by Gasteiger charge is 2.34. The average Bonchev–Trinajstić information content (AvgIpc) is 3.32. The smallest absolute Gasteiger partial charge is 0.321 e. The number of hydrogen-bond donors (Lipinski definition) is 0. The number of carbonyl (C=O) groups excluding carboxylic acids is 1. The lowest BCUT2D eigenvalue weighted by Crippen LogP contribution is -2.24. The molecule has 0 saturated carbocycles. The van der Waals surface area contributed by atoms with Crippen LogP contribution in [0, 0.1) is 0 Å². The molecule has 1 rings (SSSR count). The molecule has 1 saturated heterocycles. The maximum Gasteiger partial charge on any atom is 0.321 e. The van der Waals surface area contributed by atoms with Crippen molar-refractivity contribution in [2.75, 3.05) is 12.5 Å². The lowest BCUT2D eigenvalue weighted by atomic mass is 10.0. The quantitative estimate of drug-likeness (QED) is 0.199. The van der Waals surface area contributed by atoms with E-state index >= 15 is 0 Å². The van der Waals surface area contributed by atoms with Crippen LogP contribution in [0.25, 0.3) is 0 Å². The Bertz CT molecular complexity index is 267. The molecule has 0 spiro atoms. The van der Waals surface area contributed by atoms with Crippen LogP contribution >= 0.6 is 11.6 Å². The van der Waals surface area contributed by atoms with Crippen molar-refractivity contribution in [2.45, 2.75) is 89.8 Å². The first-order valence-corrected chi connectivity index (χ1v) is 9.18. The summed E-state index contributed by atoms with van der Waals surface area (Å²) in [5.41, 5.74) is 0. The molecule has 0 unspecified atom stereocenters. The lowest BCUT2D eigenvalue weighted by molar-refractivity contribution is -0.147. The zero-order valence-electron chi connectivity index (χ0n) is 13.4. The molecular formula is C17H31ClO3. The van der Waals surface area contributed by atoms with Crippen molar-refractivity contribution in [3.63, 3.8) is 0 Å². The summed E-state index contributed by atoms with van der Waals surface area (Å²) in [6.07, 6.45) is 14.1. The lowest BCUT2D eigenvalue weighted by Gasteiger charge is -2.14. The van der Waals surface area contributed by atoms with Crippen LogP contribution in [0.2, 0.25) is 0 Å². The Hall–Kier alpha value is -0.280. The van der Waals surface area contributed by atoms with Gasteiger partial charge in [-0.2, -0.15) is 0 Å². The molecule has 0 aromatic carbocycles. The molecule has 0 amide bonds. The van der Waals surface area contributed by atoms with Crippen LogP contribution in [0.4, 0.5) is 0 Å². The second kappa shape index (κ2) is 12.3. The molecule has 124 valence electrons. The molecule has 1 heterocycles. The largest absolute Gasteiger partial charge is 0.459 e. The Morgan fingerprint density at radius 3 is 2.10 bits per heavy atom. The number of carbonyl (C=O) groups is 1. The first kappa shape index (κ1) is 18.8. The summed E-state index contributed by atoms with van der Waals surface area (Å²) in [7, 11) is 0. The minimum Gasteiger partial charge on any atom is -0.459 e. The van der Waals surface area contributed by atoms with Gasteiger partial charge in [-0.05, 0) is 12.8 Å². The minimum absolute atomic E-state index is 0.0682. The monoisotopic (exact) mass is 318 g/mol. The Balaban J connectivity index is 1.91. The minimum atomic E-state index is -0.329. The molecule has 3 nitrogen and oxygen atoms in total. The molecule has 0 aromatic rings. The van der Waals surface area contributed by atoms with Gasteiger partial charge in [0.1, 0.15) is 18.1 Å². The molecular weight excluding hydrogens is 288 g/mol. The summed E-state index contributed by atoms with van der Waals surface area (Å²) in [4.78, 5) is 11.2. The third kappa shape index (κ3) is 10.1. The fourth-order valence-corrected chi connectivity index (χ4v) is 2.69. The van der Waals surface area contributed by atoms with Crippen LogP contribution in [-0.2, 0) is 14.3 Å². The first-order chi connectivity index (χ1) is 10.3. The van der Waals surface area contributed by atoms with E-state index in [1.807, 2.05) is 0 Å². The molecule has 0 aliphatic carbocycles. The van der Waals surface area contributed by atoms with Gasteiger partial charge in [0.05, 0.1) is 6.61 Å². The number of ether oxygens (including phenoxy) is 2. The van der Waals surface area contributed by atoms with Crippen molar-refractivity contribution in [1.82, 2.24) is 0 Å². The summed E-state index contributed by atoms with van der Waals surface area (Å²) in [6, 6.07) is 0. The van der Waals surface area contributed by atoms with Gasteiger partial charge in [0.25, 0.3) is 0 Å². The third-order valence-electron chi connectivity index (χ3n) is 4.01. The molecule has 0 N–H and O–H groups in total. The van der Waals surface area contributed by atoms with Gasteiger partial charge >= 0.3 is 5.97 Å². The topological polar surface area (TPSA) is 38.8 Å². The number of hydrogen-bond acceptors (Lipinski definition) is 3. The second-order valence-electron chi connectivity index (χ2n) is 6.00. The van der Waals surface area contributed by atoms with E-state index in [9.17, 15) is 4.79 Å². The predicted octanol–water partition coefficient (Wildman–Crippen LogP) is 4.85. The number of alkyl halides is 1. The van der Waals surface area contributed by atoms with Crippen molar-refractivity contribution in [2.24, 2.45) is 0 Å². The highest BCUT2D eigenvalue weighted by molar-refractivity contribution is 6.26. The summed E-state index contributed by atoms with van der Waals surface area (Å²) in [5.74, 6) is -0.398. The van der Waals surface area contributed by atoms with E-state index in [1.54, 1.807) is 0 Å². The highest BCUT2D eigenvalue weighted by atomic mass is 35.5. The van der Waals surface area contributed by atoms with Gasteiger partial charge in [-0.25, -0.2) is 0 Å². The van der Waals surface area contributed by atoms with Crippen molar-refractivity contribution in [3.8, 4) is 0 Å². The molecule has 1 fully saturated rings. The Morgan fingerprint density at radius 1 is 1.10 bits per heavy atom. The van der Waals surface area contributed by atoms with Crippen LogP contribution in [0.5, 0.6) is 0 Å². The number of unbranched alkanes of at least 4 members (excludes halogenated alkanes) is 9. The van der Waals surface area contributed by atoms with E-state index in [-0.39, 0.29) is 24.1 Å². The number of halogens is 1. The molecule has 1 aliphatic heterocycles. The second-order valence-corrected chi connectivity index (χ2v) is 6.27. The fourth-order valence-electron chi connectivity index (χ4n) is 2.62. The summed E-state index contributed by atoms with van der Waals surface area (Å²) in [5, 5.41) is 0. The maximum atomic E-state index is 11.2. The summed E-state index contributed by atoms with van der Waals surface area (Å²) >= 11 is 5.47. The van der Waals surface area contributed by atoms with E-state index in [2.05, 4.69) is 6.92 Å². The van der Waals surface area contributed by atoms with Gasteiger partial charge in [0.15, 0.2) is 0 Å². The Labute approximate surface area is 134 Å². The molecule has 1 aliphatic rings. The van der Waals surface area contributed by atoms with Crippen LogP contribution in [0.15, 0.2) is 0 Å². The SMILES string of the molecule is CCCCCCCCCCCC[C@H](OC(=O)CCl)[C@@H]1CO1. The number of rotatable bonds is 14. The number of esters is 1. The van der Waals surface area contributed by atoms with Gasteiger partial charge in [-0.3, -0.25) is 4.79 Å². The molecule has 0 bridgehead atoms. The zero-order valence-corrected chi connectivity index (χ0v) is 14.2. The Kier molecular flexibility index (Phi) is 11.0. The third-order valence-corrected chi connectivity index (χ3v) is 4.23. The van der Waals surface area contributed by atoms with Gasteiger partial charge in [0.2, 0.25) is 0 Å². The van der Waals surface area contributed by atoms with Crippen LogP contribution in [0.3, 0.4) is 0 Å². The van der Waals surface area contributed by atoms with E-state index in [0.29, 0.717) is 0 Å². The highest BCUT2D eigenvalue weighted by Crippen LogP contribution is 2.22. The fraction of sp³-hybridized carbons (Fsp3) is 0.941. The van der Waals surface area contributed by atoms with Crippen LogP contribution < -0.4 is 0 Å². The van der Waals surface area contributed by atoms with E-state index in [1.165, 1.54) is 57.8 Å². The van der Waals surface area contributed by atoms with E-state index in [4.69, 9.17) is 21.1 Å². The van der Waals surface area contributed by atoms with E-state index < -0.39 is 0 Å². The standard InChI is InChI=1S/C17H31ClO3/c1-2-3-4-5-6-7-8-9-10-11-12-15(16-14-20-16)21-17(19)13-18/h15-16H,2-14H2,1H3/t15-,16-/m0/s1. The van der Waals surface area contributed by atoms with Crippen molar-refractivity contribution >= 4 is 17.6 Å². The molecule has 2 atom stereocenters. The number of epoxide rings is 1. The molecule has 21 heavy (non-hydrogen) atoms. The van der Waals surface area contributed by atoms with Crippen molar-refractivity contribution in [1.29, 1.82) is 0 Å². The van der Waals surface area contributed by atoms with Gasteiger partial charge in [0, 0.05) is 0 Å². The van der Waals surface area contributed by atoms with Crippen LogP contribution in [0.1, 0.15) is 77.6 Å². The van der Waals surface area contributed by atoms with Gasteiger partial charge < -0.3 is 9.47 Å². The van der Waals surface area contributed by atoms with Gasteiger partial charge in [-0.15, -0.1) is 11.6 Å². The molecule has 0 aromatic heterocycles. The average molecular weight is 319 g/mol. The van der Waals surface area contributed by atoms with Crippen LogP contribution in [-0.4, -0.2) is 30.7 Å². The Morgan fingerprint density at radius 2 is 1.62 bits per heavy atom. The zero-order chi connectivity index (χ0) is 15.3. The molecule has 0 radical (unpaired) electrons. The maximum absolute atomic E-state index is 11.2. The first-order valence-electron chi connectivity index (χ1n) is 8.65. The van der Waals surface area contributed by atoms with E-state index in [0.717, 1.165) is 19.4 Å². The van der Waals surface area contributed by atoms with Crippen molar-refractivity contribution in [3.05, 3.63) is 0 Å².